The van der Waals surface area contributed by atoms with Gasteiger partial charge in [0.15, 0.2) is 5.65 Å². The SMILES string of the molecule is COCCNC(=O)c1cnc2c(c(C)nn2C)c1Cl. The van der Waals surface area contributed by atoms with Crippen LogP contribution < -0.4 is 5.32 Å². The maximum Gasteiger partial charge on any atom is 0.254 e. The molecule has 19 heavy (non-hydrogen) atoms. The standard InChI is InChI=1S/C12H15ClN4O2/c1-7-9-10(13)8(12(18)14-4-5-19-3)6-15-11(9)17(2)16-7/h6H,4-5H2,1-3H3,(H,14,18). The molecule has 0 aliphatic heterocycles. The zero-order valence-electron chi connectivity index (χ0n) is 11.0. The van der Waals surface area contributed by atoms with Gasteiger partial charge in [-0.2, -0.15) is 5.10 Å². The molecular weight excluding hydrogens is 268 g/mol. The van der Waals surface area contributed by atoms with Gasteiger partial charge in [0, 0.05) is 26.9 Å². The Hall–Kier alpha value is -1.66. The number of aromatic nitrogens is 3. The van der Waals surface area contributed by atoms with Crippen molar-refractivity contribution in [2.24, 2.45) is 7.05 Å². The van der Waals surface area contributed by atoms with Crippen molar-refractivity contribution in [1.29, 1.82) is 0 Å². The zero-order valence-corrected chi connectivity index (χ0v) is 11.8. The number of rotatable bonds is 4. The van der Waals surface area contributed by atoms with E-state index in [1.807, 2.05) is 6.92 Å². The molecule has 6 nitrogen and oxygen atoms in total. The molecule has 0 radical (unpaired) electrons. The largest absolute Gasteiger partial charge is 0.383 e. The first kappa shape index (κ1) is 13.8. The lowest BCUT2D eigenvalue weighted by Gasteiger charge is -2.06. The number of nitrogens with zero attached hydrogens (tertiary/aromatic N) is 3. The van der Waals surface area contributed by atoms with E-state index >= 15 is 0 Å². The fourth-order valence-electron chi connectivity index (χ4n) is 1.89. The molecule has 0 bridgehead atoms. The maximum absolute atomic E-state index is 12.0. The van der Waals surface area contributed by atoms with E-state index < -0.39 is 0 Å². The van der Waals surface area contributed by atoms with E-state index in [9.17, 15) is 4.79 Å². The lowest BCUT2D eigenvalue weighted by atomic mass is 10.2. The second-order valence-corrected chi connectivity index (χ2v) is 4.52. The van der Waals surface area contributed by atoms with Crippen molar-refractivity contribution in [2.75, 3.05) is 20.3 Å². The Labute approximate surface area is 115 Å². The third-order valence-corrected chi connectivity index (χ3v) is 3.19. The van der Waals surface area contributed by atoms with Crippen molar-refractivity contribution < 1.29 is 9.53 Å². The number of amides is 1. The van der Waals surface area contributed by atoms with Crippen LogP contribution in [-0.2, 0) is 11.8 Å². The molecule has 0 aliphatic carbocycles. The smallest absolute Gasteiger partial charge is 0.254 e. The average Bonchev–Trinajstić information content (AvgIpc) is 2.66. The van der Waals surface area contributed by atoms with Gasteiger partial charge in [-0.25, -0.2) is 4.98 Å². The quantitative estimate of drug-likeness (QED) is 0.859. The number of hydrogen-bond donors (Lipinski definition) is 1. The van der Waals surface area contributed by atoms with Gasteiger partial charge in [0.25, 0.3) is 5.91 Å². The number of ether oxygens (including phenoxy) is 1. The van der Waals surface area contributed by atoms with Crippen LogP contribution in [0.5, 0.6) is 0 Å². The minimum Gasteiger partial charge on any atom is -0.383 e. The van der Waals surface area contributed by atoms with Crippen molar-refractivity contribution in [1.82, 2.24) is 20.1 Å². The highest BCUT2D eigenvalue weighted by Gasteiger charge is 2.17. The van der Waals surface area contributed by atoms with Crippen molar-refractivity contribution in [3.8, 4) is 0 Å². The van der Waals surface area contributed by atoms with Crippen LogP contribution in [0.1, 0.15) is 16.1 Å². The molecule has 2 aromatic heterocycles. The summed E-state index contributed by atoms with van der Waals surface area (Å²) in [7, 11) is 3.36. The minimum atomic E-state index is -0.264. The van der Waals surface area contributed by atoms with Crippen LogP contribution in [0.15, 0.2) is 6.20 Å². The number of fused-ring (bicyclic) bond motifs is 1. The van der Waals surface area contributed by atoms with Crippen LogP contribution in [0, 0.1) is 6.92 Å². The molecule has 0 aromatic carbocycles. The Morgan fingerprint density at radius 2 is 2.32 bits per heavy atom. The molecule has 0 spiro atoms. The first-order valence-electron chi connectivity index (χ1n) is 5.81. The predicted molar refractivity (Wildman–Crippen MR) is 72.5 cm³/mol. The summed E-state index contributed by atoms with van der Waals surface area (Å²) >= 11 is 6.28. The van der Waals surface area contributed by atoms with Crippen LogP contribution in [-0.4, -0.2) is 40.9 Å². The van der Waals surface area contributed by atoms with Gasteiger partial charge in [0.05, 0.1) is 28.3 Å². The highest BCUT2D eigenvalue weighted by molar-refractivity contribution is 6.38. The molecule has 0 atom stereocenters. The fraction of sp³-hybridized carbons (Fsp3) is 0.417. The van der Waals surface area contributed by atoms with E-state index in [-0.39, 0.29) is 5.91 Å². The van der Waals surface area contributed by atoms with Crippen LogP contribution in [0.3, 0.4) is 0 Å². The molecule has 0 unspecified atom stereocenters. The zero-order chi connectivity index (χ0) is 14.0. The van der Waals surface area contributed by atoms with E-state index in [0.717, 1.165) is 5.69 Å². The summed E-state index contributed by atoms with van der Waals surface area (Å²) in [6, 6.07) is 0. The van der Waals surface area contributed by atoms with Gasteiger partial charge in [-0.05, 0) is 6.92 Å². The first-order chi connectivity index (χ1) is 9.06. The van der Waals surface area contributed by atoms with Crippen molar-refractivity contribution in [2.45, 2.75) is 6.92 Å². The summed E-state index contributed by atoms with van der Waals surface area (Å²) in [5.41, 5.74) is 1.76. The topological polar surface area (TPSA) is 69.0 Å². The Morgan fingerprint density at radius 3 is 3.00 bits per heavy atom. The van der Waals surface area contributed by atoms with Crippen molar-refractivity contribution in [3.63, 3.8) is 0 Å². The molecule has 1 N–H and O–H groups in total. The summed E-state index contributed by atoms with van der Waals surface area (Å²) in [5.74, 6) is -0.264. The molecule has 0 fully saturated rings. The maximum atomic E-state index is 12.0. The number of aryl methyl sites for hydroxylation is 2. The van der Waals surface area contributed by atoms with E-state index in [0.29, 0.717) is 34.8 Å². The van der Waals surface area contributed by atoms with Gasteiger partial charge in [0.1, 0.15) is 0 Å². The van der Waals surface area contributed by atoms with E-state index in [1.165, 1.54) is 6.20 Å². The predicted octanol–water partition coefficient (Wildman–Crippen LogP) is 1.31. The summed E-state index contributed by atoms with van der Waals surface area (Å²) < 4.78 is 6.52. The lowest BCUT2D eigenvalue weighted by Crippen LogP contribution is -2.27. The molecule has 1 amide bonds. The Kier molecular flexibility index (Phi) is 4.01. The Morgan fingerprint density at radius 1 is 1.58 bits per heavy atom. The average molecular weight is 283 g/mol. The number of carbonyl (C=O) groups is 1. The number of nitrogens with one attached hydrogen (secondary N) is 1. The van der Waals surface area contributed by atoms with E-state index in [2.05, 4.69) is 15.4 Å². The lowest BCUT2D eigenvalue weighted by molar-refractivity contribution is 0.0937. The minimum absolute atomic E-state index is 0.264. The number of carbonyl (C=O) groups excluding carboxylic acids is 1. The molecule has 0 saturated carbocycles. The Balaban J connectivity index is 2.37. The summed E-state index contributed by atoms with van der Waals surface area (Å²) in [4.78, 5) is 16.2. The van der Waals surface area contributed by atoms with Gasteiger partial charge in [-0.1, -0.05) is 11.6 Å². The molecule has 2 aromatic rings. The molecule has 102 valence electrons. The molecule has 2 heterocycles. The normalized spacial score (nSPS) is 10.9. The highest BCUT2D eigenvalue weighted by Crippen LogP contribution is 2.27. The number of methoxy groups -OCH3 is 1. The molecular formula is C12H15ClN4O2. The highest BCUT2D eigenvalue weighted by atomic mass is 35.5. The number of halogens is 1. The van der Waals surface area contributed by atoms with Crippen molar-refractivity contribution in [3.05, 3.63) is 22.5 Å². The fourth-order valence-corrected chi connectivity index (χ4v) is 2.24. The van der Waals surface area contributed by atoms with Gasteiger partial charge < -0.3 is 10.1 Å². The third-order valence-electron chi connectivity index (χ3n) is 2.80. The van der Waals surface area contributed by atoms with Crippen LogP contribution >= 0.6 is 11.6 Å². The third kappa shape index (κ3) is 2.54. The first-order valence-corrected chi connectivity index (χ1v) is 6.19. The molecule has 7 heteroatoms. The second kappa shape index (κ2) is 5.54. The Bertz CT molecular complexity index is 624. The number of hydrogen-bond acceptors (Lipinski definition) is 4. The summed E-state index contributed by atoms with van der Waals surface area (Å²) in [6.45, 7) is 2.71. The van der Waals surface area contributed by atoms with Gasteiger partial charge in [0.2, 0.25) is 0 Å². The van der Waals surface area contributed by atoms with Crippen LogP contribution in [0.25, 0.3) is 11.0 Å². The number of pyridine rings is 1. The monoisotopic (exact) mass is 282 g/mol. The molecule has 2 rings (SSSR count). The van der Waals surface area contributed by atoms with E-state index in [4.69, 9.17) is 16.3 Å². The van der Waals surface area contributed by atoms with E-state index in [1.54, 1.807) is 18.8 Å². The van der Waals surface area contributed by atoms with Crippen molar-refractivity contribution >= 4 is 28.5 Å². The van der Waals surface area contributed by atoms with Crippen LogP contribution in [0.4, 0.5) is 0 Å². The van der Waals surface area contributed by atoms with Crippen LogP contribution in [0.2, 0.25) is 5.02 Å². The van der Waals surface area contributed by atoms with Gasteiger partial charge >= 0.3 is 0 Å². The summed E-state index contributed by atoms with van der Waals surface area (Å²) in [5, 5.41) is 8.05. The van der Waals surface area contributed by atoms with Gasteiger partial charge in [-0.15, -0.1) is 0 Å². The molecule has 0 aliphatic rings. The van der Waals surface area contributed by atoms with Gasteiger partial charge in [-0.3, -0.25) is 9.48 Å². The molecule has 0 saturated heterocycles. The second-order valence-electron chi connectivity index (χ2n) is 4.14. The summed E-state index contributed by atoms with van der Waals surface area (Å²) in [6.07, 6.45) is 1.47.